The Morgan fingerprint density at radius 2 is 2.05 bits per heavy atom. The number of carbonyl (C=O) groups is 2. The predicted octanol–water partition coefficient (Wildman–Crippen LogP) is 1.89. The van der Waals surface area contributed by atoms with Crippen LogP contribution in [0, 0.1) is 5.92 Å². The molecule has 1 rings (SSSR count). The van der Waals surface area contributed by atoms with Gasteiger partial charge in [-0.05, 0) is 18.6 Å². The van der Waals surface area contributed by atoms with Crippen LogP contribution in [-0.4, -0.2) is 47.4 Å². The van der Waals surface area contributed by atoms with Gasteiger partial charge in [-0.25, -0.2) is 0 Å². The Morgan fingerprint density at radius 3 is 2.58 bits per heavy atom. The van der Waals surface area contributed by atoms with Crippen molar-refractivity contribution in [1.29, 1.82) is 0 Å². The Balaban J connectivity index is 2.87. The number of thioether (sulfide) groups is 1. The zero-order chi connectivity index (χ0) is 14.4. The summed E-state index contributed by atoms with van der Waals surface area (Å²) in [6, 6.07) is -0.614. The third-order valence-electron chi connectivity index (χ3n) is 3.84. The van der Waals surface area contributed by atoms with Crippen molar-refractivity contribution in [3.05, 3.63) is 0 Å². The first-order valence-corrected chi connectivity index (χ1v) is 8.55. The molecule has 0 spiro atoms. The van der Waals surface area contributed by atoms with Crippen molar-refractivity contribution in [2.45, 2.75) is 52.1 Å². The van der Waals surface area contributed by atoms with E-state index in [0.29, 0.717) is 6.54 Å². The van der Waals surface area contributed by atoms with E-state index in [1.165, 1.54) is 0 Å². The van der Waals surface area contributed by atoms with Crippen molar-refractivity contribution in [3.63, 3.8) is 0 Å². The zero-order valence-electron chi connectivity index (χ0n) is 12.4. The largest absolute Gasteiger partial charge is 0.342 e. The number of hydrogen-bond donors (Lipinski definition) is 1. The first-order valence-electron chi connectivity index (χ1n) is 7.16. The topological polar surface area (TPSA) is 49.4 Å². The minimum atomic E-state index is -0.340. The molecule has 0 saturated carbocycles. The van der Waals surface area contributed by atoms with Crippen LogP contribution in [0.2, 0.25) is 0 Å². The third-order valence-corrected chi connectivity index (χ3v) is 4.43. The molecule has 4 nitrogen and oxygen atoms in total. The lowest BCUT2D eigenvalue weighted by atomic mass is 9.93. The van der Waals surface area contributed by atoms with Gasteiger partial charge in [-0.3, -0.25) is 9.59 Å². The molecule has 1 heterocycles. The Hall–Kier alpha value is -0.710. The average Bonchev–Trinajstić information content (AvgIpc) is 2.41. The van der Waals surface area contributed by atoms with Gasteiger partial charge in [0.25, 0.3) is 0 Å². The van der Waals surface area contributed by atoms with E-state index in [0.717, 1.165) is 25.0 Å². The Kier molecular flexibility index (Phi) is 6.69. The van der Waals surface area contributed by atoms with E-state index in [2.05, 4.69) is 12.2 Å². The molecule has 0 aliphatic carbocycles. The van der Waals surface area contributed by atoms with E-state index in [-0.39, 0.29) is 29.8 Å². The fourth-order valence-corrected chi connectivity index (χ4v) is 2.80. The number of carbonyl (C=O) groups excluding carboxylic acids is 2. The summed E-state index contributed by atoms with van der Waals surface area (Å²) in [4.78, 5) is 26.6. The lowest BCUT2D eigenvalue weighted by molar-refractivity contribution is -0.150. The highest BCUT2D eigenvalue weighted by Crippen LogP contribution is 2.20. The lowest BCUT2D eigenvalue weighted by Gasteiger charge is -2.40. The Bertz CT molecular complexity index is 323. The van der Waals surface area contributed by atoms with Crippen LogP contribution in [0.5, 0.6) is 0 Å². The summed E-state index contributed by atoms with van der Waals surface area (Å²) in [5.74, 6) is 1.19. The summed E-state index contributed by atoms with van der Waals surface area (Å²) in [6.07, 6.45) is 4.58. The van der Waals surface area contributed by atoms with Crippen molar-refractivity contribution in [3.8, 4) is 0 Å². The maximum Gasteiger partial charge on any atom is 0.246 e. The minimum Gasteiger partial charge on any atom is -0.342 e. The van der Waals surface area contributed by atoms with E-state index in [1.807, 2.05) is 20.1 Å². The molecule has 0 aromatic heterocycles. The number of amides is 2. The highest BCUT2D eigenvalue weighted by molar-refractivity contribution is 7.98. The highest BCUT2D eigenvalue weighted by atomic mass is 32.2. The van der Waals surface area contributed by atoms with E-state index in [1.54, 1.807) is 16.7 Å². The standard InChI is InChI=1S/C14H26N2O2S/c1-5-7-11-13(17)15-12(10(3)6-2)14(18)16(11)8-9-19-4/h10-12H,5-9H2,1-4H3,(H,15,17). The third kappa shape index (κ3) is 3.88. The molecule has 110 valence electrons. The van der Waals surface area contributed by atoms with Crippen LogP contribution < -0.4 is 5.32 Å². The van der Waals surface area contributed by atoms with Crippen molar-refractivity contribution < 1.29 is 9.59 Å². The number of piperazine rings is 1. The number of nitrogens with one attached hydrogen (secondary N) is 1. The van der Waals surface area contributed by atoms with Gasteiger partial charge >= 0.3 is 0 Å². The van der Waals surface area contributed by atoms with Crippen LogP contribution in [0.3, 0.4) is 0 Å². The summed E-state index contributed by atoms with van der Waals surface area (Å²) >= 11 is 1.71. The van der Waals surface area contributed by atoms with Gasteiger partial charge in [-0.15, -0.1) is 0 Å². The number of rotatable bonds is 7. The molecule has 5 heteroatoms. The molecule has 1 N–H and O–H groups in total. The second-order valence-corrected chi connectivity index (χ2v) is 6.19. The van der Waals surface area contributed by atoms with Crippen molar-refractivity contribution >= 4 is 23.6 Å². The summed E-state index contributed by atoms with van der Waals surface area (Å²) in [6.45, 7) is 6.79. The number of nitrogens with zero attached hydrogens (tertiary/aromatic N) is 1. The fourth-order valence-electron chi connectivity index (χ4n) is 2.42. The molecule has 0 radical (unpaired) electrons. The van der Waals surface area contributed by atoms with Gasteiger partial charge in [0.1, 0.15) is 12.1 Å². The first-order chi connectivity index (χ1) is 9.06. The summed E-state index contributed by atoms with van der Waals surface area (Å²) in [7, 11) is 0. The normalized spacial score (nSPS) is 25.4. The molecular weight excluding hydrogens is 260 g/mol. The van der Waals surface area contributed by atoms with E-state index < -0.39 is 0 Å². The number of hydrogen-bond acceptors (Lipinski definition) is 3. The quantitative estimate of drug-likeness (QED) is 0.777. The van der Waals surface area contributed by atoms with E-state index >= 15 is 0 Å². The van der Waals surface area contributed by atoms with E-state index in [9.17, 15) is 9.59 Å². The van der Waals surface area contributed by atoms with Crippen LogP contribution in [0.1, 0.15) is 40.0 Å². The summed E-state index contributed by atoms with van der Waals surface area (Å²) < 4.78 is 0. The predicted molar refractivity (Wildman–Crippen MR) is 80.2 cm³/mol. The molecule has 1 aliphatic heterocycles. The molecule has 1 saturated heterocycles. The summed E-state index contributed by atoms with van der Waals surface area (Å²) in [5.41, 5.74) is 0. The second-order valence-electron chi connectivity index (χ2n) is 5.20. The van der Waals surface area contributed by atoms with Gasteiger partial charge in [0.05, 0.1) is 0 Å². The molecule has 1 fully saturated rings. The fraction of sp³-hybridized carbons (Fsp3) is 0.857. The molecule has 19 heavy (non-hydrogen) atoms. The molecule has 0 bridgehead atoms. The molecule has 0 aromatic carbocycles. The molecular formula is C14H26N2O2S. The lowest BCUT2D eigenvalue weighted by Crippen LogP contribution is -2.65. The van der Waals surface area contributed by atoms with Crippen molar-refractivity contribution in [2.24, 2.45) is 5.92 Å². The maximum atomic E-state index is 12.6. The minimum absolute atomic E-state index is 0.0212. The molecule has 0 aromatic rings. The van der Waals surface area contributed by atoms with Gasteiger partial charge in [-0.1, -0.05) is 33.6 Å². The van der Waals surface area contributed by atoms with Gasteiger partial charge in [0.15, 0.2) is 0 Å². The molecule has 3 atom stereocenters. The van der Waals surface area contributed by atoms with Crippen LogP contribution in [0.25, 0.3) is 0 Å². The SMILES string of the molecule is CCCC1C(=O)NC(C(C)CC)C(=O)N1CCSC. The average molecular weight is 286 g/mol. The Labute approximate surface area is 120 Å². The Morgan fingerprint density at radius 1 is 1.37 bits per heavy atom. The zero-order valence-corrected chi connectivity index (χ0v) is 13.3. The molecule has 2 amide bonds. The smallest absolute Gasteiger partial charge is 0.246 e. The first kappa shape index (κ1) is 16.3. The van der Waals surface area contributed by atoms with Crippen LogP contribution in [0.4, 0.5) is 0 Å². The molecule has 3 unspecified atom stereocenters. The van der Waals surface area contributed by atoms with Gasteiger partial charge in [-0.2, -0.15) is 11.8 Å². The second kappa shape index (κ2) is 7.78. The van der Waals surface area contributed by atoms with Gasteiger partial charge in [0, 0.05) is 12.3 Å². The van der Waals surface area contributed by atoms with E-state index in [4.69, 9.17) is 0 Å². The molecule has 1 aliphatic rings. The van der Waals surface area contributed by atoms with Crippen molar-refractivity contribution in [1.82, 2.24) is 10.2 Å². The van der Waals surface area contributed by atoms with Gasteiger partial charge < -0.3 is 10.2 Å². The monoisotopic (exact) mass is 286 g/mol. The highest BCUT2D eigenvalue weighted by Gasteiger charge is 2.41. The maximum absolute atomic E-state index is 12.6. The van der Waals surface area contributed by atoms with Gasteiger partial charge in [0.2, 0.25) is 11.8 Å². The van der Waals surface area contributed by atoms with Crippen LogP contribution in [0.15, 0.2) is 0 Å². The van der Waals surface area contributed by atoms with Crippen LogP contribution >= 0.6 is 11.8 Å². The van der Waals surface area contributed by atoms with Crippen molar-refractivity contribution in [2.75, 3.05) is 18.6 Å². The van der Waals surface area contributed by atoms with Crippen LogP contribution in [-0.2, 0) is 9.59 Å². The summed E-state index contributed by atoms with van der Waals surface area (Å²) in [5, 5.41) is 2.92.